The lowest BCUT2D eigenvalue weighted by molar-refractivity contribution is -0.140. The van der Waals surface area contributed by atoms with Gasteiger partial charge in [-0.25, -0.2) is 0 Å². The van der Waals surface area contributed by atoms with Crippen LogP contribution in [-0.2, 0) is 14.3 Å². The molecule has 1 aromatic carbocycles. The van der Waals surface area contributed by atoms with Gasteiger partial charge in [-0.2, -0.15) is 0 Å². The molecule has 1 unspecified atom stereocenters. The number of aromatic nitrogens is 1. The molecule has 27 heavy (non-hydrogen) atoms. The van der Waals surface area contributed by atoms with Crippen molar-refractivity contribution in [1.29, 1.82) is 0 Å². The Balaban J connectivity index is 1.89. The Labute approximate surface area is 159 Å². The van der Waals surface area contributed by atoms with E-state index in [-0.39, 0.29) is 17.9 Å². The van der Waals surface area contributed by atoms with E-state index in [1.54, 1.807) is 13.3 Å². The molecule has 0 aliphatic carbocycles. The van der Waals surface area contributed by atoms with Crippen LogP contribution in [0, 0.1) is 0 Å². The molecular weight excluding hydrogens is 364 g/mol. The van der Waals surface area contributed by atoms with Gasteiger partial charge in [-0.15, -0.1) is 11.3 Å². The largest absolute Gasteiger partial charge is 0.507 e. The molecule has 0 radical (unpaired) electrons. The summed E-state index contributed by atoms with van der Waals surface area (Å²) in [5.41, 5.74) is 1.47. The number of H-pyrrole nitrogens is 1. The van der Waals surface area contributed by atoms with Gasteiger partial charge in [0.2, 0.25) is 0 Å². The van der Waals surface area contributed by atoms with Crippen LogP contribution in [0.15, 0.2) is 53.5 Å². The number of methoxy groups -OCH3 is 1. The summed E-state index contributed by atoms with van der Waals surface area (Å²) in [6.45, 7) is 0.580. The van der Waals surface area contributed by atoms with Crippen LogP contribution in [0.4, 0.5) is 0 Å². The van der Waals surface area contributed by atoms with Gasteiger partial charge in [0.15, 0.2) is 0 Å². The Morgan fingerprint density at radius 3 is 2.81 bits per heavy atom. The van der Waals surface area contributed by atoms with Crippen molar-refractivity contribution in [2.24, 2.45) is 0 Å². The van der Waals surface area contributed by atoms with E-state index >= 15 is 0 Å². The number of nitrogens with one attached hydrogen (secondary N) is 1. The van der Waals surface area contributed by atoms with Crippen molar-refractivity contribution in [2.45, 2.75) is 6.04 Å². The number of fused-ring (bicyclic) bond motifs is 1. The van der Waals surface area contributed by atoms with Gasteiger partial charge in [-0.1, -0.05) is 24.3 Å². The van der Waals surface area contributed by atoms with Crippen molar-refractivity contribution in [3.63, 3.8) is 0 Å². The van der Waals surface area contributed by atoms with Gasteiger partial charge < -0.3 is 19.7 Å². The molecule has 1 aliphatic heterocycles. The molecule has 2 N–H and O–H groups in total. The summed E-state index contributed by atoms with van der Waals surface area (Å²) in [4.78, 5) is 30.8. The van der Waals surface area contributed by atoms with Crippen molar-refractivity contribution >= 4 is 39.7 Å². The highest BCUT2D eigenvalue weighted by Gasteiger charge is 2.46. The van der Waals surface area contributed by atoms with E-state index in [4.69, 9.17) is 4.74 Å². The average Bonchev–Trinajstić information content (AvgIpc) is 3.40. The molecule has 1 amide bonds. The van der Waals surface area contributed by atoms with Gasteiger partial charge in [0.25, 0.3) is 11.7 Å². The highest BCUT2D eigenvalue weighted by Crippen LogP contribution is 2.41. The first-order valence-electron chi connectivity index (χ1n) is 8.50. The lowest BCUT2D eigenvalue weighted by Crippen LogP contribution is -2.32. The molecular formula is C20H18N2O4S. The van der Waals surface area contributed by atoms with E-state index in [0.29, 0.717) is 12.2 Å². The highest BCUT2D eigenvalue weighted by atomic mass is 32.1. The quantitative estimate of drug-likeness (QED) is 0.403. The van der Waals surface area contributed by atoms with Crippen LogP contribution < -0.4 is 0 Å². The zero-order valence-electron chi connectivity index (χ0n) is 14.6. The maximum atomic E-state index is 12.8. The third-order valence-electron chi connectivity index (χ3n) is 4.73. The van der Waals surface area contributed by atoms with Gasteiger partial charge in [0, 0.05) is 41.2 Å². The van der Waals surface area contributed by atoms with E-state index in [1.807, 2.05) is 41.8 Å². The third-order valence-corrected chi connectivity index (χ3v) is 5.66. The van der Waals surface area contributed by atoms with Gasteiger partial charge in [-0.05, 0) is 17.5 Å². The Morgan fingerprint density at radius 2 is 2.07 bits per heavy atom. The number of Topliss-reactive ketones (excluding diaryl/α,β-unsaturated/α-hetero) is 1. The fraction of sp³-hybridized carbons (Fsp3) is 0.200. The second-order valence-corrected chi connectivity index (χ2v) is 7.23. The smallest absolute Gasteiger partial charge is 0.295 e. The minimum absolute atomic E-state index is 0.114. The fourth-order valence-electron chi connectivity index (χ4n) is 3.46. The molecule has 6 nitrogen and oxygen atoms in total. The number of aliphatic hydroxyl groups excluding tert-OH is 1. The van der Waals surface area contributed by atoms with Crippen molar-refractivity contribution in [1.82, 2.24) is 9.88 Å². The number of ether oxygens (including phenoxy) is 1. The number of aromatic amines is 1. The lowest BCUT2D eigenvalue weighted by atomic mass is 9.99. The summed E-state index contributed by atoms with van der Waals surface area (Å²) in [5.74, 6) is -1.46. The summed E-state index contributed by atoms with van der Waals surface area (Å²) >= 11 is 1.44. The number of benzene rings is 1. The fourth-order valence-corrected chi connectivity index (χ4v) is 4.30. The number of rotatable bonds is 5. The Hall–Kier alpha value is -2.90. The van der Waals surface area contributed by atoms with Crippen molar-refractivity contribution < 1.29 is 19.4 Å². The normalized spacial score (nSPS) is 19.3. The van der Waals surface area contributed by atoms with Crippen molar-refractivity contribution in [2.75, 3.05) is 20.3 Å². The van der Waals surface area contributed by atoms with Crippen LogP contribution >= 0.6 is 11.3 Å². The Bertz CT molecular complexity index is 1040. The molecule has 7 heteroatoms. The van der Waals surface area contributed by atoms with Gasteiger partial charge in [0.1, 0.15) is 5.76 Å². The molecule has 0 spiro atoms. The van der Waals surface area contributed by atoms with Gasteiger partial charge in [0.05, 0.1) is 18.2 Å². The summed E-state index contributed by atoms with van der Waals surface area (Å²) in [5, 5.41) is 13.7. The SMILES string of the molecule is COCCN1C(=O)C(=O)/C(=C(\O)c2c[nH]c3ccccc23)C1c1cccs1. The second-order valence-electron chi connectivity index (χ2n) is 6.25. The molecule has 2 aromatic heterocycles. The van der Waals surface area contributed by atoms with Gasteiger partial charge >= 0.3 is 0 Å². The number of ketones is 1. The number of para-hydroxylation sites is 1. The maximum absolute atomic E-state index is 12.8. The topological polar surface area (TPSA) is 82.6 Å². The molecule has 0 bridgehead atoms. The van der Waals surface area contributed by atoms with Crippen LogP contribution in [-0.4, -0.2) is 46.9 Å². The van der Waals surface area contributed by atoms with E-state index in [2.05, 4.69) is 4.98 Å². The van der Waals surface area contributed by atoms with E-state index < -0.39 is 17.7 Å². The highest BCUT2D eigenvalue weighted by molar-refractivity contribution is 7.10. The molecule has 3 heterocycles. The van der Waals surface area contributed by atoms with Crippen LogP contribution in [0.3, 0.4) is 0 Å². The summed E-state index contributed by atoms with van der Waals surface area (Å²) in [7, 11) is 1.54. The minimum Gasteiger partial charge on any atom is -0.507 e. The van der Waals surface area contributed by atoms with Crippen molar-refractivity contribution in [3.8, 4) is 0 Å². The molecule has 1 aliphatic rings. The van der Waals surface area contributed by atoms with Crippen LogP contribution in [0.1, 0.15) is 16.5 Å². The predicted octanol–water partition coefficient (Wildman–Crippen LogP) is 3.30. The monoisotopic (exact) mass is 382 g/mol. The summed E-state index contributed by atoms with van der Waals surface area (Å²) in [6, 6.07) is 10.6. The lowest BCUT2D eigenvalue weighted by Gasteiger charge is -2.23. The zero-order valence-corrected chi connectivity index (χ0v) is 15.5. The number of likely N-dealkylation sites (tertiary alicyclic amines) is 1. The number of carbonyl (C=O) groups is 2. The second kappa shape index (κ2) is 7.02. The third kappa shape index (κ3) is 2.85. The number of carbonyl (C=O) groups excluding carboxylic acids is 2. The Kier molecular flexibility index (Phi) is 4.55. The summed E-state index contributed by atoms with van der Waals surface area (Å²) in [6.07, 6.45) is 1.66. The van der Waals surface area contributed by atoms with Crippen LogP contribution in [0.5, 0.6) is 0 Å². The van der Waals surface area contributed by atoms with E-state index in [0.717, 1.165) is 15.8 Å². The Morgan fingerprint density at radius 1 is 1.26 bits per heavy atom. The molecule has 1 saturated heterocycles. The number of thiophene rings is 1. The molecule has 1 atom stereocenters. The molecule has 0 saturated carbocycles. The first-order chi connectivity index (χ1) is 13.1. The summed E-state index contributed by atoms with van der Waals surface area (Å²) < 4.78 is 5.09. The minimum atomic E-state index is -0.674. The number of aliphatic hydroxyl groups is 1. The number of hydrogen-bond donors (Lipinski definition) is 2. The molecule has 4 rings (SSSR count). The molecule has 138 valence electrons. The van der Waals surface area contributed by atoms with Crippen molar-refractivity contribution in [3.05, 3.63) is 64.0 Å². The number of hydrogen-bond acceptors (Lipinski definition) is 5. The first kappa shape index (κ1) is 17.5. The van der Waals surface area contributed by atoms with Gasteiger partial charge in [-0.3, -0.25) is 9.59 Å². The molecule has 1 fully saturated rings. The number of amides is 1. The first-order valence-corrected chi connectivity index (χ1v) is 9.38. The van der Waals surface area contributed by atoms with E-state index in [9.17, 15) is 14.7 Å². The number of nitrogens with zero attached hydrogens (tertiary/aromatic N) is 1. The standard InChI is InChI=1S/C20H18N2O4S/c1-26-9-8-22-17(15-7-4-10-27-15)16(19(24)20(22)25)18(23)13-11-21-14-6-3-2-5-12(13)14/h2-7,10-11,17,21,23H,8-9H2,1H3/b18-16-. The van der Waals surface area contributed by atoms with Crippen LogP contribution in [0.2, 0.25) is 0 Å². The van der Waals surface area contributed by atoms with Crippen LogP contribution in [0.25, 0.3) is 16.7 Å². The average molecular weight is 382 g/mol. The predicted molar refractivity (Wildman–Crippen MR) is 104 cm³/mol. The van der Waals surface area contributed by atoms with E-state index in [1.165, 1.54) is 16.2 Å². The maximum Gasteiger partial charge on any atom is 0.295 e. The zero-order chi connectivity index (χ0) is 19.0. The molecule has 3 aromatic rings.